The number of halogens is 3. The van der Waals surface area contributed by atoms with Gasteiger partial charge in [0.1, 0.15) is 11.8 Å². The summed E-state index contributed by atoms with van der Waals surface area (Å²) < 4.78 is 42.2. The van der Waals surface area contributed by atoms with E-state index in [1.807, 2.05) is 6.07 Å². The summed E-state index contributed by atoms with van der Waals surface area (Å²) >= 11 is 0. The molecule has 0 spiro atoms. The van der Waals surface area contributed by atoms with Gasteiger partial charge in [-0.1, -0.05) is 6.07 Å². The van der Waals surface area contributed by atoms with Crippen molar-refractivity contribution in [1.29, 1.82) is 5.26 Å². The molecule has 0 heterocycles. The molecular weight excluding hydrogens is 233 g/mol. The summed E-state index contributed by atoms with van der Waals surface area (Å²) in [6.45, 7) is 0. The van der Waals surface area contributed by atoms with Crippen molar-refractivity contribution >= 4 is 0 Å². The Balaban J connectivity index is 3.13. The number of nitriles is 1. The van der Waals surface area contributed by atoms with E-state index in [0.717, 1.165) is 0 Å². The first-order valence-electron chi connectivity index (χ1n) is 4.76. The molecule has 0 aliphatic rings. The first kappa shape index (κ1) is 13.3. The van der Waals surface area contributed by atoms with Crippen LogP contribution in [0.4, 0.5) is 13.2 Å². The van der Waals surface area contributed by atoms with E-state index in [0.29, 0.717) is 11.3 Å². The fourth-order valence-corrected chi connectivity index (χ4v) is 1.40. The molecule has 1 atom stereocenters. The van der Waals surface area contributed by atoms with Gasteiger partial charge in [-0.05, 0) is 17.7 Å². The second kappa shape index (κ2) is 5.06. The summed E-state index contributed by atoms with van der Waals surface area (Å²) in [6, 6.07) is 3.69. The second-order valence-electron chi connectivity index (χ2n) is 3.43. The lowest BCUT2D eigenvalue weighted by molar-refractivity contribution is -0.149. The van der Waals surface area contributed by atoms with Gasteiger partial charge in [-0.15, -0.1) is 0 Å². The average Bonchev–Trinajstić information content (AvgIpc) is 2.27. The first-order valence-corrected chi connectivity index (χ1v) is 4.76. The zero-order valence-corrected chi connectivity index (χ0v) is 9.08. The average molecular weight is 244 g/mol. The normalized spacial score (nSPS) is 12.9. The van der Waals surface area contributed by atoms with Crippen LogP contribution < -0.4 is 10.5 Å². The van der Waals surface area contributed by atoms with Gasteiger partial charge in [-0.3, -0.25) is 0 Å². The number of nitrogens with zero attached hydrogens (tertiary/aromatic N) is 1. The van der Waals surface area contributed by atoms with Gasteiger partial charge in [0.25, 0.3) is 0 Å². The van der Waals surface area contributed by atoms with Gasteiger partial charge in [-0.25, -0.2) is 0 Å². The minimum Gasteiger partial charge on any atom is -0.496 e. The molecule has 0 bridgehead atoms. The molecule has 0 radical (unpaired) electrons. The van der Waals surface area contributed by atoms with Crippen LogP contribution in [-0.4, -0.2) is 13.3 Å². The van der Waals surface area contributed by atoms with E-state index in [1.54, 1.807) is 0 Å². The second-order valence-corrected chi connectivity index (χ2v) is 3.43. The van der Waals surface area contributed by atoms with Crippen molar-refractivity contribution in [3.8, 4) is 11.8 Å². The smallest absolute Gasteiger partial charge is 0.407 e. The SMILES string of the molecule is COc1ccc([C@H](N)C(F)(F)F)cc1CC#N. The standard InChI is InChI=1S/C11H11F3N2O/c1-17-9-3-2-8(6-7(9)4-5-15)10(16)11(12,13)14/h2-3,6,10H,4,16H2,1H3/t10-/m0/s1. The van der Waals surface area contributed by atoms with E-state index in [2.05, 4.69) is 0 Å². The highest BCUT2D eigenvalue weighted by atomic mass is 19.4. The van der Waals surface area contributed by atoms with E-state index < -0.39 is 12.2 Å². The molecular formula is C11H11F3N2O. The van der Waals surface area contributed by atoms with Gasteiger partial charge in [0, 0.05) is 5.56 Å². The molecule has 0 aliphatic heterocycles. The van der Waals surface area contributed by atoms with Gasteiger partial charge in [0.2, 0.25) is 0 Å². The number of alkyl halides is 3. The third-order valence-corrected chi connectivity index (χ3v) is 2.29. The molecule has 0 unspecified atom stereocenters. The number of nitrogens with two attached hydrogens (primary N) is 1. The number of benzene rings is 1. The Hall–Kier alpha value is -1.74. The Morgan fingerprint density at radius 3 is 2.59 bits per heavy atom. The number of rotatable bonds is 3. The van der Waals surface area contributed by atoms with E-state index in [9.17, 15) is 13.2 Å². The zero-order chi connectivity index (χ0) is 13.1. The van der Waals surface area contributed by atoms with Gasteiger partial charge < -0.3 is 10.5 Å². The highest BCUT2D eigenvalue weighted by molar-refractivity contribution is 5.40. The highest BCUT2D eigenvalue weighted by Crippen LogP contribution is 2.32. The molecule has 0 amide bonds. The molecule has 3 nitrogen and oxygen atoms in total. The van der Waals surface area contributed by atoms with E-state index in [-0.39, 0.29) is 12.0 Å². The van der Waals surface area contributed by atoms with Crippen molar-refractivity contribution in [2.24, 2.45) is 5.73 Å². The maximum absolute atomic E-state index is 12.4. The molecule has 17 heavy (non-hydrogen) atoms. The highest BCUT2D eigenvalue weighted by Gasteiger charge is 2.38. The summed E-state index contributed by atoms with van der Waals surface area (Å²) in [5.41, 5.74) is 5.40. The topological polar surface area (TPSA) is 59.0 Å². The monoisotopic (exact) mass is 244 g/mol. The predicted octanol–water partition coefficient (Wildman–Crippen LogP) is 2.32. The summed E-state index contributed by atoms with van der Waals surface area (Å²) in [5.74, 6) is 0.379. The van der Waals surface area contributed by atoms with Crippen LogP contribution >= 0.6 is 0 Å². The van der Waals surface area contributed by atoms with Gasteiger partial charge >= 0.3 is 6.18 Å². The van der Waals surface area contributed by atoms with Gasteiger partial charge in [0.15, 0.2) is 0 Å². The quantitative estimate of drug-likeness (QED) is 0.887. The number of methoxy groups -OCH3 is 1. The molecule has 0 aromatic heterocycles. The molecule has 1 aromatic carbocycles. The number of ether oxygens (including phenoxy) is 1. The summed E-state index contributed by atoms with van der Waals surface area (Å²) in [7, 11) is 1.39. The van der Waals surface area contributed by atoms with Crippen LogP contribution in [0.3, 0.4) is 0 Å². The van der Waals surface area contributed by atoms with Crippen LogP contribution in [0.15, 0.2) is 18.2 Å². The maximum atomic E-state index is 12.4. The third kappa shape index (κ3) is 3.11. The Bertz CT molecular complexity index is 437. The van der Waals surface area contributed by atoms with Crippen molar-refractivity contribution in [2.75, 3.05) is 7.11 Å². The van der Waals surface area contributed by atoms with Crippen molar-refractivity contribution in [3.05, 3.63) is 29.3 Å². The lowest BCUT2D eigenvalue weighted by Crippen LogP contribution is -2.28. The third-order valence-electron chi connectivity index (χ3n) is 2.29. The summed E-state index contributed by atoms with van der Waals surface area (Å²) in [5, 5.41) is 8.57. The molecule has 6 heteroatoms. The number of hydrogen-bond acceptors (Lipinski definition) is 3. The van der Waals surface area contributed by atoms with Crippen LogP contribution in [0.25, 0.3) is 0 Å². The zero-order valence-electron chi connectivity index (χ0n) is 9.08. The van der Waals surface area contributed by atoms with Crippen molar-refractivity contribution in [2.45, 2.75) is 18.6 Å². The molecule has 0 saturated carbocycles. The largest absolute Gasteiger partial charge is 0.496 e. The van der Waals surface area contributed by atoms with Crippen LogP contribution in [0, 0.1) is 11.3 Å². The Labute approximate surface area is 96.6 Å². The van der Waals surface area contributed by atoms with Crippen molar-refractivity contribution < 1.29 is 17.9 Å². The molecule has 0 fully saturated rings. The van der Waals surface area contributed by atoms with E-state index >= 15 is 0 Å². The molecule has 1 rings (SSSR count). The lowest BCUT2D eigenvalue weighted by Gasteiger charge is -2.17. The molecule has 1 aromatic rings. The van der Waals surface area contributed by atoms with Crippen molar-refractivity contribution in [1.82, 2.24) is 0 Å². The number of hydrogen-bond donors (Lipinski definition) is 1. The van der Waals surface area contributed by atoms with Crippen LogP contribution in [0.2, 0.25) is 0 Å². The minimum atomic E-state index is -4.50. The predicted molar refractivity (Wildman–Crippen MR) is 55.3 cm³/mol. The first-order chi connectivity index (χ1) is 7.90. The lowest BCUT2D eigenvalue weighted by atomic mass is 10.0. The minimum absolute atomic E-state index is 0.0262. The van der Waals surface area contributed by atoms with Gasteiger partial charge in [0.05, 0.1) is 19.6 Å². The Morgan fingerprint density at radius 1 is 1.47 bits per heavy atom. The van der Waals surface area contributed by atoms with Crippen LogP contribution in [0.1, 0.15) is 17.2 Å². The molecule has 0 aliphatic carbocycles. The van der Waals surface area contributed by atoms with E-state index in [1.165, 1.54) is 25.3 Å². The van der Waals surface area contributed by atoms with Crippen LogP contribution in [-0.2, 0) is 6.42 Å². The van der Waals surface area contributed by atoms with Crippen LogP contribution in [0.5, 0.6) is 5.75 Å². The summed E-state index contributed by atoms with van der Waals surface area (Å²) in [4.78, 5) is 0. The maximum Gasteiger partial charge on any atom is 0.407 e. The van der Waals surface area contributed by atoms with Gasteiger partial charge in [-0.2, -0.15) is 18.4 Å². The molecule has 2 N–H and O–H groups in total. The summed E-state index contributed by atoms with van der Waals surface area (Å²) in [6.07, 6.45) is -4.53. The molecule has 0 saturated heterocycles. The van der Waals surface area contributed by atoms with Crippen molar-refractivity contribution in [3.63, 3.8) is 0 Å². The Morgan fingerprint density at radius 2 is 2.12 bits per heavy atom. The molecule has 92 valence electrons. The Kier molecular flexibility index (Phi) is 3.97. The fraction of sp³-hybridized carbons (Fsp3) is 0.364. The fourth-order valence-electron chi connectivity index (χ4n) is 1.40. The van der Waals surface area contributed by atoms with E-state index in [4.69, 9.17) is 15.7 Å².